The molecule has 2 rings (SSSR count). The molecule has 0 radical (unpaired) electrons. The van der Waals surface area contributed by atoms with E-state index in [0.717, 1.165) is 38.1 Å². The lowest BCUT2D eigenvalue weighted by Crippen LogP contribution is -2.40. The van der Waals surface area contributed by atoms with E-state index in [-0.39, 0.29) is 6.04 Å². The number of unbranched alkanes of at least 4 members (excludes halogenated alkanes) is 1. The molecule has 110 valence electrons. The molecule has 1 saturated carbocycles. The van der Waals surface area contributed by atoms with Gasteiger partial charge in [0.15, 0.2) is 0 Å². The van der Waals surface area contributed by atoms with E-state index >= 15 is 0 Å². The van der Waals surface area contributed by atoms with Gasteiger partial charge in [-0.3, -0.25) is 10.1 Å². The quantitative estimate of drug-likeness (QED) is 0.732. The van der Waals surface area contributed by atoms with E-state index in [9.17, 15) is 4.79 Å². The average Bonchev–Trinajstić information content (AvgIpc) is 3.19. The molecule has 1 amide bonds. The highest BCUT2D eigenvalue weighted by Gasteiger charge is 2.40. The van der Waals surface area contributed by atoms with Gasteiger partial charge in [0.2, 0.25) is 5.91 Å². The third kappa shape index (κ3) is 3.71. The number of nitrogens with zero attached hydrogens (tertiary/aromatic N) is 1. The average molecular weight is 266 g/mol. The molecule has 1 aliphatic heterocycles. The summed E-state index contributed by atoms with van der Waals surface area (Å²) in [7, 11) is 0. The summed E-state index contributed by atoms with van der Waals surface area (Å²) in [6.07, 6.45) is 8.58. The topological polar surface area (TPSA) is 32.3 Å². The van der Waals surface area contributed by atoms with E-state index in [4.69, 9.17) is 0 Å². The molecule has 1 heterocycles. The van der Waals surface area contributed by atoms with Crippen LogP contribution in [0.5, 0.6) is 0 Å². The first-order valence-corrected chi connectivity index (χ1v) is 8.23. The molecule has 3 heteroatoms. The summed E-state index contributed by atoms with van der Waals surface area (Å²) in [4.78, 5) is 14.7. The van der Waals surface area contributed by atoms with E-state index in [1.165, 1.54) is 19.3 Å². The fourth-order valence-corrected chi connectivity index (χ4v) is 3.22. The van der Waals surface area contributed by atoms with Gasteiger partial charge in [-0.2, -0.15) is 0 Å². The second-order valence-corrected chi connectivity index (χ2v) is 6.47. The van der Waals surface area contributed by atoms with Gasteiger partial charge in [0.25, 0.3) is 0 Å². The molecule has 1 N–H and O–H groups in total. The van der Waals surface area contributed by atoms with Crippen molar-refractivity contribution in [3.05, 3.63) is 0 Å². The standard InChI is InChI=1S/C16H30N2O/c1-4-6-8-14-16(19)18(15(17-14)7-5-2)11-12(3)13-9-10-13/h12-15,17H,4-11H2,1-3H3. The first kappa shape index (κ1) is 14.8. The van der Waals surface area contributed by atoms with Crippen LogP contribution in [0.25, 0.3) is 0 Å². The Balaban J connectivity index is 1.93. The molecular weight excluding hydrogens is 236 g/mol. The molecular formula is C16H30N2O. The van der Waals surface area contributed by atoms with Crippen LogP contribution in [0.4, 0.5) is 0 Å². The van der Waals surface area contributed by atoms with Gasteiger partial charge >= 0.3 is 0 Å². The number of carbonyl (C=O) groups is 1. The van der Waals surface area contributed by atoms with E-state index in [0.29, 0.717) is 18.0 Å². The number of nitrogens with one attached hydrogen (secondary N) is 1. The second-order valence-electron chi connectivity index (χ2n) is 6.47. The summed E-state index contributed by atoms with van der Waals surface area (Å²) < 4.78 is 0. The molecule has 19 heavy (non-hydrogen) atoms. The molecule has 1 aliphatic carbocycles. The van der Waals surface area contributed by atoms with Crippen molar-refractivity contribution in [1.29, 1.82) is 0 Å². The van der Waals surface area contributed by atoms with E-state index in [1.807, 2.05) is 0 Å². The normalized spacial score (nSPS) is 29.0. The predicted octanol–water partition coefficient (Wildman–Crippen LogP) is 3.15. The van der Waals surface area contributed by atoms with Crippen LogP contribution in [-0.2, 0) is 4.79 Å². The third-order valence-corrected chi connectivity index (χ3v) is 4.67. The summed E-state index contributed by atoms with van der Waals surface area (Å²) in [6.45, 7) is 7.67. The van der Waals surface area contributed by atoms with Crippen LogP contribution in [-0.4, -0.2) is 29.6 Å². The lowest BCUT2D eigenvalue weighted by atomic mass is 10.1. The highest BCUT2D eigenvalue weighted by atomic mass is 16.2. The van der Waals surface area contributed by atoms with Gasteiger partial charge < -0.3 is 4.90 Å². The minimum Gasteiger partial charge on any atom is -0.326 e. The molecule has 3 nitrogen and oxygen atoms in total. The van der Waals surface area contributed by atoms with Crippen molar-refractivity contribution in [2.75, 3.05) is 6.54 Å². The fraction of sp³-hybridized carbons (Fsp3) is 0.938. The van der Waals surface area contributed by atoms with Crippen molar-refractivity contribution < 1.29 is 4.79 Å². The number of carbonyl (C=O) groups excluding carboxylic acids is 1. The highest BCUT2D eigenvalue weighted by Crippen LogP contribution is 2.37. The van der Waals surface area contributed by atoms with Gasteiger partial charge in [0.05, 0.1) is 12.2 Å². The minimum atomic E-state index is 0.0860. The zero-order valence-electron chi connectivity index (χ0n) is 12.8. The zero-order chi connectivity index (χ0) is 13.8. The first-order valence-electron chi connectivity index (χ1n) is 8.23. The van der Waals surface area contributed by atoms with Crippen molar-refractivity contribution in [3.8, 4) is 0 Å². The van der Waals surface area contributed by atoms with Crippen molar-refractivity contribution >= 4 is 5.91 Å². The third-order valence-electron chi connectivity index (χ3n) is 4.67. The zero-order valence-corrected chi connectivity index (χ0v) is 12.8. The Labute approximate surface area is 118 Å². The highest BCUT2D eigenvalue weighted by molar-refractivity contribution is 5.84. The molecule has 2 aliphatic rings. The molecule has 3 atom stereocenters. The molecule has 0 aromatic carbocycles. The molecule has 0 aromatic rings. The molecule has 0 aromatic heterocycles. The lowest BCUT2D eigenvalue weighted by Gasteiger charge is -2.27. The largest absolute Gasteiger partial charge is 0.326 e. The number of amides is 1. The first-order chi connectivity index (χ1) is 9.17. The Morgan fingerprint density at radius 2 is 2.00 bits per heavy atom. The van der Waals surface area contributed by atoms with E-state index < -0.39 is 0 Å². The van der Waals surface area contributed by atoms with Crippen LogP contribution >= 0.6 is 0 Å². The summed E-state index contributed by atoms with van der Waals surface area (Å²) in [5, 5.41) is 3.57. The Morgan fingerprint density at radius 3 is 2.58 bits per heavy atom. The van der Waals surface area contributed by atoms with Crippen LogP contribution in [0.2, 0.25) is 0 Å². The summed E-state index contributed by atoms with van der Waals surface area (Å²) in [5.74, 6) is 1.92. The summed E-state index contributed by atoms with van der Waals surface area (Å²) >= 11 is 0. The van der Waals surface area contributed by atoms with Gasteiger partial charge in [-0.05, 0) is 37.5 Å². The summed E-state index contributed by atoms with van der Waals surface area (Å²) in [6, 6.07) is 0.0860. The van der Waals surface area contributed by atoms with E-state index in [2.05, 4.69) is 31.0 Å². The van der Waals surface area contributed by atoms with Crippen LogP contribution in [0.3, 0.4) is 0 Å². The molecule has 2 fully saturated rings. The number of hydrogen-bond donors (Lipinski definition) is 1. The Bertz CT molecular complexity index is 301. The molecule has 0 bridgehead atoms. The number of rotatable bonds is 8. The van der Waals surface area contributed by atoms with Gasteiger partial charge in [0, 0.05) is 6.54 Å². The van der Waals surface area contributed by atoms with Crippen LogP contribution in [0.15, 0.2) is 0 Å². The maximum absolute atomic E-state index is 12.5. The predicted molar refractivity (Wildman–Crippen MR) is 78.7 cm³/mol. The Hall–Kier alpha value is -0.570. The smallest absolute Gasteiger partial charge is 0.241 e. The van der Waals surface area contributed by atoms with Crippen molar-refractivity contribution in [3.63, 3.8) is 0 Å². The summed E-state index contributed by atoms with van der Waals surface area (Å²) in [5.41, 5.74) is 0. The van der Waals surface area contributed by atoms with Gasteiger partial charge in [-0.15, -0.1) is 0 Å². The van der Waals surface area contributed by atoms with Crippen molar-refractivity contribution in [2.24, 2.45) is 11.8 Å². The lowest BCUT2D eigenvalue weighted by molar-refractivity contribution is -0.130. The van der Waals surface area contributed by atoms with Crippen LogP contribution in [0, 0.1) is 11.8 Å². The molecule has 3 unspecified atom stereocenters. The fourth-order valence-electron chi connectivity index (χ4n) is 3.22. The Morgan fingerprint density at radius 1 is 1.26 bits per heavy atom. The van der Waals surface area contributed by atoms with Gasteiger partial charge in [-0.1, -0.05) is 40.0 Å². The van der Waals surface area contributed by atoms with Crippen LogP contribution in [0.1, 0.15) is 65.7 Å². The van der Waals surface area contributed by atoms with Crippen molar-refractivity contribution in [2.45, 2.75) is 77.9 Å². The Kier molecular flexibility index (Phi) is 5.26. The molecule has 0 spiro atoms. The molecule has 1 saturated heterocycles. The SMILES string of the molecule is CCCCC1NC(CCC)N(CC(C)C2CC2)C1=O. The van der Waals surface area contributed by atoms with Gasteiger partial charge in [-0.25, -0.2) is 0 Å². The van der Waals surface area contributed by atoms with Crippen LogP contribution < -0.4 is 5.32 Å². The van der Waals surface area contributed by atoms with Gasteiger partial charge in [0.1, 0.15) is 0 Å². The van der Waals surface area contributed by atoms with Crippen molar-refractivity contribution in [1.82, 2.24) is 10.2 Å². The maximum Gasteiger partial charge on any atom is 0.241 e. The van der Waals surface area contributed by atoms with E-state index in [1.54, 1.807) is 0 Å². The maximum atomic E-state index is 12.5. The second kappa shape index (κ2) is 6.74. The minimum absolute atomic E-state index is 0.0860. The monoisotopic (exact) mass is 266 g/mol. The number of hydrogen-bond acceptors (Lipinski definition) is 2.